The highest BCUT2D eigenvalue weighted by Crippen LogP contribution is 2.41. The summed E-state index contributed by atoms with van der Waals surface area (Å²) in [5, 5.41) is 15.1. The van der Waals surface area contributed by atoms with E-state index in [1.54, 1.807) is 0 Å². The Morgan fingerprint density at radius 3 is 1.48 bits per heavy atom. The van der Waals surface area contributed by atoms with Crippen LogP contribution in [0.1, 0.15) is 5.56 Å². The van der Waals surface area contributed by atoms with Gasteiger partial charge in [-0.15, -0.1) is 0 Å². The number of fused-ring (bicyclic) bond motifs is 6. The molecule has 8 aromatic rings. The number of hydrogen-bond donors (Lipinski definition) is 0. The molecule has 0 atom stereocenters. The van der Waals surface area contributed by atoms with Crippen molar-refractivity contribution in [2.24, 2.45) is 0 Å². The summed E-state index contributed by atoms with van der Waals surface area (Å²) in [4.78, 5) is 4.58. The summed E-state index contributed by atoms with van der Waals surface area (Å²) in [7, 11) is 0. The Balaban J connectivity index is 1.51. The van der Waals surface area contributed by atoms with E-state index >= 15 is 0 Å². The lowest BCUT2D eigenvalue weighted by molar-refractivity contribution is 1.13. The summed E-state index contributed by atoms with van der Waals surface area (Å²) >= 11 is 0. The van der Waals surface area contributed by atoms with E-state index in [1.165, 1.54) is 21.5 Å². The summed E-state index contributed by atoms with van der Waals surface area (Å²) in [6.07, 6.45) is 3.73. The number of hydrogen-bond acceptors (Lipinski definition) is 2. The second-order valence-electron chi connectivity index (χ2n) is 9.94. The highest BCUT2D eigenvalue weighted by Gasteiger charge is 2.22. The lowest BCUT2D eigenvalue weighted by Crippen LogP contribution is -2.03. The second kappa shape index (κ2) is 8.69. The van der Waals surface area contributed by atoms with Crippen LogP contribution in [0.2, 0.25) is 0 Å². The zero-order valence-corrected chi connectivity index (χ0v) is 21.5. The molecule has 0 unspecified atom stereocenters. The first kappa shape index (κ1) is 22.3. The summed E-state index contributed by atoms with van der Waals surface area (Å²) in [5.41, 5.74) is 8.77. The fourth-order valence-corrected chi connectivity index (χ4v) is 6.24. The molecule has 186 valence electrons. The molecule has 0 spiro atoms. The van der Waals surface area contributed by atoms with Crippen LogP contribution in [0.3, 0.4) is 0 Å². The lowest BCUT2D eigenvalue weighted by atomic mass is 9.97. The Labute approximate surface area is 230 Å². The van der Waals surface area contributed by atoms with Crippen molar-refractivity contribution in [1.29, 1.82) is 5.26 Å². The number of nitrogens with zero attached hydrogens (tertiary/aromatic N) is 4. The standard InChI is InChI=1S/C36H22N4/c37-22-24-10-9-19-34(39-30-15-5-1-11-25(30)26-12-2-6-16-31(26)39)36(24)29-20-21-38-23-35(29)40-32-17-7-3-13-27(32)28-14-4-8-18-33(28)40/h1-21,23H. The average molecular weight is 511 g/mol. The van der Waals surface area contributed by atoms with Crippen LogP contribution in [-0.4, -0.2) is 14.1 Å². The molecule has 0 aliphatic rings. The zero-order valence-electron chi connectivity index (χ0n) is 21.5. The maximum atomic E-state index is 10.4. The number of aromatic nitrogens is 3. The van der Waals surface area contributed by atoms with Crippen molar-refractivity contribution in [1.82, 2.24) is 14.1 Å². The second-order valence-corrected chi connectivity index (χ2v) is 9.94. The predicted molar refractivity (Wildman–Crippen MR) is 163 cm³/mol. The van der Waals surface area contributed by atoms with Gasteiger partial charge in [-0.05, 0) is 42.5 Å². The van der Waals surface area contributed by atoms with Crippen molar-refractivity contribution in [2.75, 3.05) is 0 Å². The van der Waals surface area contributed by atoms with Gasteiger partial charge in [0.2, 0.25) is 0 Å². The molecule has 4 heteroatoms. The molecular weight excluding hydrogens is 488 g/mol. The summed E-state index contributed by atoms with van der Waals surface area (Å²) in [5.74, 6) is 0. The number of pyridine rings is 1. The summed E-state index contributed by atoms with van der Waals surface area (Å²) in [6.45, 7) is 0. The largest absolute Gasteiger partial charge is 0.309 e. The molecule has 3 heterocycles. The molecule has 4 nitrogen and oxygen atoms in total. The lowest BCUT2D eigenvalue weighted by Gasteiger charge is -2.19. The average Bonchev–Trinajstić information content (AvgIpc) is 3.54. The van der Waals surface area contributed by atoms with Crippen molar-refractivity contribution < 1.29 is 0 Å². The third-order valence-electron chi connectivity index (χ3n) is 7.87. The Bertz CT molecular complexity index is 2190. The molecule has 3 aromatic heterocycles. The van der Waals surface area contributed by atoms with Gasteiger partial charge in [-0.3, -0.25) is 4.98 Å². The van der Waals surface area contributed by atoms with Gasteiger partial charge in [-0.25, -0.2) is 0 Å². The number of nitriles is 1. The Morgan fingerprint density at radius 2 is 0.975 bits per heavy atom. The molecule has 0 aliphatic heterocycles. The zero-order chi connectivity index (χ0) is 26.6. The number of benzene rings is 5. The summed E-state index contributed by atoms with van der Waals surface area (Å²) in [6, 6.07) is 44.4. The molecule has 0 saturated heterocycles. The van der Waals surface area contributed by atoms with E-state index in [-0.39, 0.29) is 0 Å². The van der Waals surface area contributed by atoms with Crippen LogP contribution in [0.4, 0.5) is 0 Å². The van der Waals surface area contributed by atoms with Gasteiger partial charge in [-0.1, -0.05) is 78.9 Å². The van der Waals surface area contributed by atoms with Gasteiger partial charge in [0.1, 0.15) is 0 Å². The fraction of sp³-hybridized carbons (Fsp3) is 0. The normalized spacial score (nSPS) is 11.5. The fourth-order valence-electron chi connectivity index (χ4n) is 6.24. The summed E-state index contributed by atoms with van der Waals surface area (Å²) < 4.78 is 4.56. The molecule has 0 radical (unpaired) electrons. The van der Waals surface area contributed by atoms with Crippen molar-refractivity contribution >= 4 is 43.6 Å². The molecule has 0 saturated carbocycles. The minimum atomic E-state index is 0.618. The van der Waals surface area contributed by atoms with E-state index < -0.39 is 0 Å². The molecule has 0 aliphatic carbocycles. The van der Waals surface area contributed by atoms with Crippen LogP contribution in [0.25, 0.3) is 66.1 Å². The molecular formula is C36H22N4. The smallest absolute Gasteiger partial charge is 0.0998 e. The van der Waals surface area contributed by atoms with Crippen molar-refractivity contribution in [3.05, 3.63) is 139 Å². The SMILES string of the molecule is N#Cc1cccc(-n2c3ccccc3c3ccccc32)c1-c1ccncc1-n1c2ccccc2c2ccccc21. The minimum absolute atomic E-state index is 0.618. The van der Waals surface area contributed by atoms with E-state index in [0.717, 1.165) is 44.6 Å². The van der Waals surface area contributed by atoms with E-state index in [2.05, 4.69) is 123 Å². The van der Waals surface area contributed by atoms with Gasteiger partial charge < -0.3 is 9.13 Å². The molecule has 40 heavy (non-hydrogen) atoms. The van der Waals surface area contributed by atoms with E-state index in [4.69, 9.17) is 0 Å². The highest BCUT2D eigenvalue weighted by molar-refractivity contribution is 6.11. The maximum absolute atomic E-state index is 10.4. The van der Waals surface area contributed by atoms with Gasteiger partial charge in [0.05, 0.1) is 51.3 Å². The molecule has 5 aromatic carbocycles. The Kier molecular flexibility index (Phi) is 4.85. The number of rotatable bonds is 3. The Morgan fingerprint density at radius 1 is 0.500 bits per heavy atom. The Hall–Kier alpha value is -5.66. The van der Waals surface area contributed by atoms with Crippen molar-refractivity contribution in [2.45, 2.75) is 0 Å². The van der Waals surface area contributed by atoms with Gasteiger partial charge in [0.15, 0.2) is 0 Å². The van der Waals surface area contributed by atoms with Crippen LogP contribution in [0.15, 0.2) is 134 Å². The van der Waals surface area contributed by atoms with Gasteiger partial charge in [-0.2, -0.15) is 5.26 Å². The minimum Gasteiger partial charge on any atom is -0.309 e. The molecule has 8 rings (SSSR count). The molecule has 0 amide bonds. The third-order valence-corrected chi connectivity index (χ3v) is 7.87. The first-order chi connectivity index (χ1) is 19.8. The van der Waals surface area contributed by atoms with Gasteiger partial charge in [0.25, 0.3) is 0 Å². The van der Waals surface area contributed by atoms with E-state index in [9.17, 15) is 5.26 Å². The van der Waals surface area contributed by atoms with Crippen LogP contribution < -0.4 is 0 Å². The quantitative estimate of drug-likeness (QED) is 0.238. The first-order valence-electron chi connectivity index (χ1n) is 13.3. The van der Waals surface area contributed by atoms with Crippen molar-refractivity contribution in [3.63, 3.8) is 0 Å². The predicted octanol–water partition coefficient (Wildman–Crippen LogP) is 8.81. The van der Waals surface area contributed by atoms with Gasteiger partial charge in [0, 0.05) is 38.9 Å². The van der Waals surface area contributed by atoms with Crippen LogP contribution in [0, 0.1) is 11.3 Å². The highest BCUT2D eigenvalue weighted by atomic mass is 15.0. The van der Waals surface area contributed by atoms with E-state index in [0.29, 0.717) is 5.56 Å². The van der Waals surface area contributed by atoms with Crippen LogP contribution >= 0.6 is 0 Å². The van der Waals surface area contributed by atoms with Crippen LogP contribution in [-0.2, 0) is 0 Å². The van der Waals surface area contributed by atoms with Gasteiger partial charge >= 0.3 is 0 Å². The molecule has 0 fully saturated rings. The third kappa shape index (κ3) is 3.09. The van der Waals surface area contributed by atoms with Crippen molar-refractivity contribution in [3.8, 4) is 28.6 Å². The first-order valence-corrected chi connectivity index (χ1v) is 13.3. The monoisotopic (exact) mass is 510 g/mol. The molecule has 0 N–H and O–H groups in total. The van der Waals surface area contributed by atoms with Crippen LogP contribution in [0.5, 0.6) is 0 Å². The number of para-hydroxylation sites is 4. The topological polar surface area (TPSA) is 46.5 Å². The van der Waals surface area contributed by atoms with E-state index in [1.807, 2.05) is 30.6 Å². The molecule has 0 bridgehead atoms. The maximum Gasteiger partial charge on any atom is 0.0998 e.